The Morgan fingerprint density at radius 1 is 0.312 bits per heavy atom. The Morgan fingerprint density at radius 2 is 0.812 bits per heavy atom. The summed E-state index contributed by atoms with van der Waals surface area (Å²) in [4.78, 5) is 2.36. The fourth-order valence-corrected chi connectivity index (χ4v) is 7.01. The zero-order valence-corrected chi connectivity index (χ0v) is 26.3. The van der Waals surface area contributed by atoms with Gasteiger partial charge in [-0.3, -0.25) is 0 Å². The van der Waals surface area contributed by atoms with Gasteiger partial charge in [0.1, 0.15) is 11.2 Å². The van der Waals surface area contributed by atoms with Crippen LogP contribution in [0.1, 0.15) is 0 Å². The molecule has 226 valence electrons. The molecule has 0 aliphatic carbocycles. The van der Waals surface area contributed by atoms with Gasteiger partial charge in [-0.1, -0.05) is 146 Å². The molecule has 0 N–H and O–H groups in total. The van der Waals surface area contributed by atoms with E-state index in [0.717, 1.165) is 39.0 Å². The molecule has 0 spiro atoms. The highest BCUT2D eigenvalue weighted by atomic mass is 16.3. The fourth-order valence-electron chi connectivity index (χ4n) is 7.01. The molecule has 9 rings (SSSR count). The number of furan rings is 1. The lowest BCUT2D eigenvalue weighted by Crippen LogP contribution is -2.10. The van der Waals surface area contributed by atoms with E-state index in [2.05, 4.69) is 193 Å². The van der Waals surface area contributed by atoms with Crippen molar-refractivity contribution in [2.75, 3.05) is 4.90 Å². The topological polar surface area (TPSA) is 16.4 Å². The van der Waals surface area contributed by atoms with Crippen LogP contribution in [0.4, 0.5) is 17.1 Å². The molecule has 0 radical (unpaired) electrons. The minimum atomic E-state index is 0.868. The van der Waals surface area contributed by atoms with Gasteiger partial charge in [-0.25, -0.2) is 0 Å². The second kappa shape index (κ2) is 11.8. The summed E-state index contributed by atoms with van der Waals surface area (Å²) in [7, 11) is 0. The summed E-state index contributed by atoms with van der Waals surface area (Å²) in [6, 6.07) is 66.8. The van der Waals surface area contributed by atoms with Crippen molar-refractivity contribution in [3.63, 3.8) is 0 Å². The molecular formula is C46H31NO. The van der Waals surface area contributed by atoms with Crippen molar-refractivity contribution in [1.29, 1.82) is 0 Å². The minimum Gasteiger partial charge on any atom is -0.456 e. The monoisotopic (exact) mass is 613 g/mol. The first-order valence-electron chi connectivity index (χ1n) is 16.4. The van der Waals surface area contributed by atoms with E-state index in [1.807, 2.05) is 0 Å². The van der Waals surface area contributed by atoms with Gasteiger partial charge in [0.25, 0.3) is 0 Å². The number of anilines is 3. The highest BCUT2D eigenvalue weighted by molar-refractivity contribution is 6.24. The molecule has 0 unspecified atom stereocenters. The summed E-state index contributed by atoms with van der Waals surface area (Å²) in [6.07, 6.45) is 0. The predicted octanol–water partition coefficient (Wildman–Crippen LogP) is 13.2. The van der Waals surface area contributed by atoms with E-state index in [0.29, 0.717) is 0 Å². The van der Waals surface area contributed by atoms with E-state index in [1.54, 1.807) is 0 Å². The van der Waals surface area contributed by atoms with E-state index in [-0.39, 0.29) is 0 Å². The molecular weight excluding hydrogens is 583 g/mol. The molecule has 0 saturated heterocycles. The molecule has 0 bridgehead atoms. The van der Waals surface area contributed by atoms with Gasteiger partial charge < -0.3 is 9.32 Å². The summed E-state index contributed by atoms with van der Waals surface area (Å²) in [5.74, 6) is 0. The van der Waals surface area contributed by atoms with Crippen LogP contribution in [0.15, 0.2) is 192 Å². The molecule has 0 amide bonds. The Hall–Kier alpha value is -6.38. The molecule has 0 aliphatic heterocycles. The normalized spacial score (nSPS) is 11.3. The number of nitrogens with zero attached hydrogens (tertiary/aromatic N) is 1. The Labute approximate surface area is 279 Å². The van der Waals surface area contributed by atoms with Crippen molar-refractivity contribution in [1.82, 2.24) is 0 Å². The highest BCUT2D eigenvalue weighted by Crippen LogP contribution is 2.46. The number of hydrogen-bond donors (Lipinski definition) is 0. The largest absolute Gasteiger partial charge is 0.456 e. The van der Waals surface area contributed by atoms with E-state index >= 15 is 0 Å². The van der Waals surface area contributed by atoms with Crippen molar-refractivity contribution in [3.05, 3.63) is 188 Å². The Kier molecular flexibility index (Phi) is 6.84. The van der Waals surface area contributed by atoms with Crippen molar-refractivity contribution in [2.24, 2.45) is 0 Å². The summed E-state index contributed by atoms with van der Waals surface area (Å²) in [5.41, 5.74) is 12.2. The highest BCUT2D eigenvalue weighted by Gasteiger charge is 2.21. The average Bonchev–Trinajstić information content (AvgIpc) is 3.56. The van der Waals surface area contributed by atoms with Gasteiger partial charge in [-0.05, 0) is 86.6 Å². The quantitative estimate of drug-likeness (QED) is 0.185. The third-order valence-electron chi connectivity index (χ3n) is 9.29. The molecule has 0 saturated carbocycles. The lowest BCUT2D eigenvalue weighted by Gasteiger charge is -2.27. The van der Waals surface area contributed by atoms with Gasteiger partial charge in [-0.2, -0.15) is 0 Å². The van der Waals surface area contributed by atoms with Crippen molar-refractivity contribution in [3.8, 4) is 33.4 Å². The molecule has 2 heteroatoms. The van der Waals surface area contributed by atoms with Gasteiger partial charge in [0.15, 0.2) is 0 Å². The standard InChI is InChI=1S/C46H31NO/c1-4-12-32(13-5-1)34-22-26-37(27-23-34)47(38-28-24-35(25-29-38)33-14-6-2-7-15-33)42-20-11-21-43-46(42)45-41-19-10-18-39(36-16-8-3-9-17-36)40(41)30-31-44(45)48-43/h1-31H. The van der Waals surface area contributed by atoms with Crippen LogP contribution in [-0.2, 0) is 0 Å². The third kappa shape index (κ3) is 4.83. The van der Waals surface area contributed by atoms with E-state index < -0.39 is 0 Å². The predicted molar refractivity (Wildman–Crippen MR) is 202 cm³/mol. The Morgan fingerprint density at radius 3 is 1.40 bits per heavy atom. The molecule has 0 fully saturated rings. The van der Waals surface area contributed by atoms with E-state index in [1.165, 1.54) is 44.2 Å². The van der Waals surface area contributed by atoms with Crippen molar-refractivity contribution >= 4 is 49.8 Å². The van der Waals surface area contributed by atoms with Crippen LogP contribution in [0.5, 0.6) is 0 Å². The van der Waals surface area contributed by atoms with Crippen LogP contribution in [0.25, 0.3) is 66.1 Å². The fraction of sp³-hybridized carbons (Fsp3) is 0. The second-order valence-electron chi connectivity index (χ2n) is 12.1. The smallest absolute Gasteiger partial charge is 0.137 e. The zero-order valence-electron chi connectivity index (χ0n) is 26.3. The lowest BCUT2D eigenvalue weighted by molar-refractivity contribution is 0.669. The van der Waals surface area contributed by atoms with Crippen LogP contribution < -0.4 is 4.90 Å². The first-order chi connectivity index (χ1) is 23.8. The van der Waals surface area contributed by atoms with Gasteiger partial charge in [0.05, 0.1) is 11.1 Å². The van der Waals surface area contributed by atoms with Crippen LogP contribution in [-0.4, -0.2) is 0 Å². The molecule has 0 aliphatic rings. The Bertz CT molecular complexity index is 2430. The van der Waals surface area contributed by atoms with Crippen LogP contribution in [0, 0.1) is 0 Å². The van der Waals surface area contributed by atoms with Gasteiger partial charge in [-0.15, -0.1) is 0 Å². The molecule has 8 aromatic carbocycles. The van der Waals surface area contributed by atoms with Crippen LogP contribution in [0.3, 0.4) is 0 Å². The second-order valence-corrected chi connectivity index (χ2v) is 12.1. The van der Waals surface area contributed by atoms with Gasteiger partial charge in [0, 0.05) is 16.8 Å². The Balaban J connectivity index is 1.27. The first-order valence-corrected chi connectivity index (χ1v) is 16.4. The third-order valence-corrected chi connectivity index (χ3v) is 9.29. The SMILES string of the molecule is c1ccc(-c2ccc(N(c3ccc(-c4ccccc4)cc3)c3cccc4oc5ccc6c(-c7ccccc7)cccc6c5c34)cc2)cc1. The maximum atomic E-state index is 6.60. The number of fused-ring (bicyclic) bond motifs is 5. The van der Waals surface area contributed by atoms with Gasteiger partial charge in [0.2, 0.25) is 0 Å². The van der Waals surface area contributed by atoms with Crippen molar-refractivity contribution < 1.29 is 4.42 Å². The molecule has 9 aromatic rings. The maximum Gasteiger partial charge on any atom is 0.137 e. The summed E-state index contributed by atoms with van der Waals surface area (Å²) < 4.78 is 6.60. The maximum absolute atomic E-state index is 6.60. The molecule has 2 nitrogen and oxygen atoms in total. The summed E-state index contributed by atoms with van der Waals surface area (Å²) >= 11 is 0. The van der Waals surface area contributed by atoms with Gasteiger partial charge >= 0.3 is 0 Å². The number of rotatable bonds is 6. The van der Waals surface area contributed by atoms with E-state index in [9.17, 15) is 0 Å². The molecule has 48 heavy (non-hydrogen) atoms. The first kappa shape index (κ1) is 27.9. The van der Waals surface area contributed by atoms with E-state index in [4.69, 9.17) is 4.42 Å². The summed E-state index contributed by atoms with van der Waals surface area (Å²) in [6.45, 7) is 0. The lowest BCUT2D eigenvalue weighted by atomic mass is 9.95. The van der Waals surface area contributed by atoms with Crippen LogP contribution >= 0.6 is 0 Å². The average molecular weight is 614 g/mol. The zero-order chi connectivity index (χ0) is 31.9. The minimum absolute atomic E-state index is 0.868. The van der Waals surface area contributed by atoms with Crippen LogP contribution in [0.2, 0.25) is 0 Å². The van der Waals surface area contributed by atoms with Crippen molar-refractivity contribution in [2.45, 2.75) is 0 Å². The number of benzene rings is 8. The summed E-state index contributed by atoms with van der Waals surface area (Å²) in [5, 5.41) is 4.61. The molecule has 0 atom stereocenters. The molecule has 1 aromatic heterocycles. The number of hydrogen-bond acceptors (Lipinski definition) is 2. The molecule has 1 heterocycles.